The van der Waals surface area contributed by atoms with Gasteiger partial charge in [-0.3, -0.25) is 15.6 Å². The van der Waals surface area contributed by atoms with Gasteiger partial charge in [-0.15, -0.1) is 0 Å². The van der Waals surface area contributed by atoms with E-state index in [-0.39, 0.29) is 17.4 Å². The van der Waals surface area contributed by atoms with Crippen LogP contribution in [0.1, 0.15) is 17.0 Å². The predicted octanol–water partition coefficient (Wildman–Crippen LogP) is 1.95. The number of thiocarbonyl (C=S) groups is 1. The maximum atomic E-state index is 12.2. The predicted molar refractivity (Wildman–Crippen MR) is 103 cm³/mol. The van der Waals surface area contributed by atoms with Gasteiger partial charge in [-0.05, 0) is 44.3 Å². The summed E-state index contributed by atoms with van der Waals surface area (Å²) in [6, 6.07) is 7.09. The Kier molecular flexibility index (Phi) is 5.29. The van der Waals surface area contributed by atoms with Crippen molar-refractivity contribution in [3.63, 3.8) is 0 Å². The van der Waals surface area contributed by atoms with Crippen molar-refractivity contribution in [1.82, 2.24) is 30.4 Å². The first-order chi connectivity index (χ1) is 12.4. The number of aryl methyl sites for hydroxylation is 2. The smallest absolute Gasteiger partial charge is 0.252 e. The molecule has 0 saturated carbocycles. The first-order valence-corrected chi connectivity index (χ1v) is 8.50. The molecular weight excluding hydrogens is 374 g/mol. The van der Waals surface area contributed by atoms with Gasteiger partial charge in [-0.25, -0.2) is 9.50 Å². The minimum Gasteiger partial charge on any atom is -0.331 e. The van der Waals surface area contributed by atoms with E-state index < -0.39 is 0 Å². The zero-order chi connectivity index (χ0) is 18.7. The van der Waals surface area contributed by atoms with Crippen molar-refractivity contribution >= 4 is 46.3 Å². The lowest BCUT2D eigenvalue weighted by atomic mass is 10.1. The molecule has 1 amide bonds. The number of nitrogens with one attached hydrogen (secondary N) is 3. The highest BCUT2D eigenvalue weighted by molar-refractivity contribution is 7.80. The molecule has 0 unspecified atom stereocenters. The molecular formula is C16H16ClN7OS. The van der Waals surface area contributed by atoms with Crippen LogP contribution in [0.25, 0.3) is 5.78 Å². The van der Waals surface area contributed by atoms with Crippen molar-refractivity contribution in [3.8, 4) is 0 Å². The second-order valence-corrected chi connectivity index (χ2v) is 6.39. The molecule has 3 rings (SSSR count). The number of hydrazine groups is 1. The molecule has 0 aliphatic heterocycles. The lowest BCUT2D eigenvalue weighted by molar-refractivity contribution is -0.121. The summed E-state index contributed by atoms with van der Waals surface area (Å²) in [5, 5.41) is 7.88. The lowest BCUT2D eigenvalue weighted by Gasteiger charge is -2.13. The van der Waals surface area contributed by atoms with Crippen molar-refractivity contribution in [3.05, 3.63) is 52.6 Å². The van der Waals surface area contributed by atoms with Crippen LogP contribution in [0.4, 0.5) is 5.69 Å². The van der Waals surface area contributed by atoms with E-state index in [4.69, 9.17) is 23.8 Å². The number of anilines is 1. The minimum atomic E-state index is -0.257. The van der Waals surface area contributed by atoms with Gasteiger partial charge in [0.15, 0.2) is 5.11 Å². The molecule has 0 fully saturated rings. The summed E-state index contributed by atoms with van der Waals surface area (Å²) in [5.74, 6) is 0.252. The average molecular weight is 390 g/mol. The summed E-state index contributed by atoms with van der Waals surface area (Å²) in [7, 11) is 0. The van der Waals surface area contributed by atoms with Gasteiger partial charge in [-0.2, -0.15) is 10.1 Å². The third-order valence-electron chi connectivity index (χ3n) is 3.72. The number of aromatic nitrogens is 4. The van der Waals surface area contributed by atoms with Crippen LogP contribution >= 0.6 is 23.8 Å². The summed E-state index contributed by atoms with van der Waals surface area (Å²) >= 11 is 11.1. The van der Waals surface area contributed by atoms with Crippen molar-refractivity contribution in [2.75, 3.05) is 5.32 Å². The Labute approximate surface area is 160 Å². The third-order valence-corrected chi connectivity index (χ3v) is 4.16. The monoisotopic (exact) mass is 389 g/mol. The molecule has 1 aromatic carbocycles. The molecule has 0 aliphatic rings. The molecule has 0 spiro atoms. The van der Waals surface area contributed by atoms with Gasteiger partial charge < -0.3 is 5.32 Å². The van der Waals surface area contributed by atoms with Gasteiger partial charge in [-0.1, -0.05) is 17.7 Å². The number of amides is 1. The number of fused-ring (bicyclic) bond motifs is 1. The maximum Gasteiger partial charge on any atom is 0.252 e. The molecule has 2 heterocycles. The van der Waals surface area contributed by atoms with Gasteiger partial charge in [0.2, 0.25) is 5.91 Å². The second-order valence-electron chi connectivity index (χ2n) is 5.55. The van der Waals surface area contributed by atoms with Crippen molar-refractivity contribution < 1.29 is 4.79 Å². The molecule has 3 N–H and O–H groups in total. The molecule has 8 nitrogen and oxygen atoms in total. The molecule has 3 aromatic rings. The second kappa shape index (κ2) is 7.63. The van der Waals surface area contributed by atoms with E-state index in [9.17, 15) is 4.79 Å². The van der Waals surface area contributed by atoms with E-state index in [0.29, 0.717) is 10.8 Å². The summed E-state index contributed by atoms with van der Waals surface area (Å²) in [5.41, 5.74) is 8.29. The Balaban J connectivity index is 1.60. The van der Waals surface area contributed by atoms with E-state index in [1.165, 1.54) is 6.33 Å². The van der Waals surface area contributed by atoms with Gasteiger partial charge in [0.25, 0.3) is 5.78 Å². The highest BCUT2D eigenvalue weighted by Gasteiger charge is 2.14. The minimum absolute atomic E-state index is 0.132. The quantitative estimate of drug-likeness (QED) is 0.465. The number of benzene rings is 1. The Morgan fingerprint density at radius 1 is 1.31 bits per heavy atom. The number of rotatable bonds is 3. The topological polar surface area (TPSA) is 96.2 Å². The Hall–Kier alpha value is -2.78. The summed E-state index contributed by atoms with van der Waals surface area (Å²) in [6.07, 6.45) is 1.56. The first-order valence-electron chi connectivity index (χ1n) is 7.71. The lowest BCUT2D eigenvalue weighted by Crippen LogP contribution is -2.44. The molecule has 0 bridgehead atoms. The fraction of sp³-hybridized carbons (Fsp3) is 0.188. The highest BCUT2D eigenvalue weighted by Crippen LogP contribution is 2.15. The van der Waals surface area contributed by atoms with Crippen molar-refractivity contribution in [1.29, 1.82) is 0 Å². The summed E-state index contributed by atoms with van der Waals surface area (Å²) in [4.78, 5) is 20.7. The van der Waals surface area contributed by atoms with Crippen LogP contribution in [-0.4, -0.2) is 30.6 Å². The van der Waals surface area contributed by atoms with Crippen LogP contribution < -0.4 is 16.2 Å². The van der Waals surface area contributed by atoms with Crippen LogP contribution in [0.15, 0.2) is 30.6 Å². The van der Waals surface area contributed by atoms with Crippen molar-refractivity contribution in [2.45, 2.75) is 20.3 Å². The largest absolute Gasteiger partial charge is 0.331 e. The fourth-order valence-electron chi connectivity index (χ4n) is 2.47. The van der Waals surface area contributed by atoms with Crippen LogP contribution in [0.5, 0.6) is 0 Å². The number of hydrogen-bond donors (Lipinski definition) is 3. The molecule has 0 radical (unpaired) electrons. The van der Waals surface area contributed by atoms with Gasteiger partial charge in [0, 0.05) is 27.7 Å². The molecule has 10 heteroatoms. The van der Waals surface area contributed by atoms with Gasteiger partial charge >= 0.3 is 0 Å². The van der Waals surface area contributed by atoms with Crippen LogP contribution in [-0.2, 0) is 11.2 Å². The average Bonchev–Trinajstić information content (AvgIpc) is 3.05. The number of carbonyl (C=O) groups excluding carboxylic acids is 1. The molecule has 134 valence electrons. The summed E-state index contributed by atoms with van der Waals surface area (Å²) in [6.45, 7) is 3.71. The molecule has 0 aliphatic carbocycles. The third kappa shape index (κ3) is 4.06. The number of halogens is 1. The Morgan fingerprint density at radius 3 is 2.88 bits per heavy atom. The number of nitrogens with zero attached hydrogens (tertiary/aromatic N) is 4. The Bertz CT molecular complexity index is 988. The SMILES string of the molecule is Cc1nc2ncnn2c(C)c1CC(=O)NNC(=S)Nc1cccc(Cl)c1. The van der Waals surface area contributed by atoms with Gasteiger partial charge in [0.1, 0.15) is 6.33 Å². The summed E-state index contributed by atoms with van der Waals surface area (Å²) < 4.78 is 1.61. The number of carbonyl (C=O) groups is 1. The molecule has 2 aromatic heterocycles. The molecule has 0 saturated heterocycles. The Morgan fingerprint density at radius 2 is 2.12 bits per heavy atom. The van der Waals surface area contributed by atoms with Gasteiger partial charge in [0.05, 0.1) is 6.42 Å². The number of hydrogen-bond acceptors (Lipinski definition) is 5. The maximum absolute atomic E-state index is 12.2. The highest BCUT2D eigenvalue weighted by atomic mass is 35.5. The first kappa shape index (κ1) is 18.0. The van der Waals surface area contributed by atoms with Crippen molar-refractivity contribution in [2.24, 2.45) is 0 Å². The van der Waals surface area contributed by atoms with E-state index >= 15 is 0 Å². The standard InChI is InChI=1S/C16H16ClN7OS/c1-9-13(10(2)24-15(20-9)18-8-19-24)7-14(25)22-23-16(26)21-12-5-3-4-11(17)6-12/h3-6,8H,7H2,1-2H3,(H,22,25)(H2,21,23,26). The van der Waals surface area contributed by atoms with Crippen LogP contribution in [0.2, 0.25) is 5.02 Å². The molecule has 26 heavy (non-hydrogen) atoms. The van der Waals surface area contributed by atoms with E-state index in [0.717, 1.165) is 22.6 Å². The van der Waals surface area contributed by atoms with E-state index in [1.54, 1.807) is 22.7 Å². The van der Waals surface area contributed by atoms with Crippen LogP contribution in [0, 0.1) is 13.8 Å². The van der Waals surface area contributed by atoms with E-state index in [1.807, 2.05) is 19.9 Å². The van der Waals surface area contributed by atoms with Crippen LogP contribution in [0.3, 0.4) is 0 Å². The molecule has 0 atom stereocenters. The van der Waals surface area contributed by atoms with E-state index in [2.05, 4.69) is 31.2 Å². The normalized spacial score (nSPS) is 10.6. The zero-order valence-electron chi connectivity index (χ0n) is 14.1. The zero-order valence-corrected chi connectivity index (χ0v) is 15.6. The fourth-order valence-corrected chi connectivity index (χ4v) is 2.83.